The molecule has 2 aromatic carbocycles. The van der Waals surface area contributed by atoms with Crippen LogP contribution in [0.1, 0.15) is 48.6 Å². The fourth-order valence-corrected chi connectivity index (χ4v) is 3.97. The van der Waals surface area contributed by atoms with Crippen LogP contribution in [0.3, 0.4) is 0 Å². The molecule has 6 rings (SSSR count). The molecule has 0 aliphatic carbocycles. The molecular weight excluding hydrogens is 659 g/mol. The van der Waals surface area contributed by atoms with Gasteiger partial charge >= 0.3 is 0 Å². The monoisotopic (exact) mass is 698 g/mol. The van der Waals surface area contributed by atoms with Crippen LogP contribution >= 0.6 is 0 Å². The number of furan rings is 1. The van der Waals surface area contributed by atoms with Crippen LogP contribution in [0.5, 0.6) is 0 Å². The van der Waals surface area contributed by atoms with Crippen LogP contribution in [0.2, 0.25) is 0 Å². The van der Waals surface area contributed by atoms with Crippen LogP contribution in [0, 0.1) is 31.3 Å². The van der Waals surface area contributed by atoms with Crippen molar-refractivity contribution in [2.24, 2.45) is 5.41 Å². The molecular formula is C34H31IrN3O-2. The Labute approximate surface area is 255 Å². The summed E-state index contributed by atoms with van der Waals surface area (Å²) in [6.07, 6.45) is 1.75. The number of aromatic nitrogens is 3. The van der Waals surface area contributed by atoms with Gasteiger partial charge in [-0.3, -0.25) is 0 Å². The maximum absolute atomic E-state index is 8.25. The summed E-state index contributed by atoms with van der Waals surface area (Å²) in [4.78, 5) is 12.8. The van der Waals surface area contributed by atoms with Crippen LogP contribution < -0.4 is 0 Å². The molecule has 5 heteroatoms. The summed E-state index contributed by atoms with van der Waals surface area (Å²) >= 11 is 0. The third-order valence-corrected chi connectivity index (χ3v) is 5.59. The molecule has 199 valence electrons. The number of nitrogens with zero attached hydrogens (tertiary/aromatic N) is 3. The van der Waals surface area contributed by atoms with E-state index in [1.165, 1.54) is 18.3 Å². The molecule has 0 unspecified atom stereocenters. The van der Waals surface area contributed by atoms with Crippen molar-refractivity contribution >= 4 is 22.1 Å². The van der Waals surface area contributed by atoms with Crippen molar-refractivity contribution in [3.63, 3.8) is 0 Å². The molecule has 0 atom stereocenters. The quantitative estimate of drug-likeness (QED) is 0.174. The Morgan fingerprint density at radius 3 is 2.46 bits per heavy atom. The predicted octanol–water partition coefficient (Wildman–Crippen LogP) is 8.59. The molecule has 0 fully saturated rings. The zero-order chi connectivity index (χ0) is 33.5. The van der Waals surface area contributed by atoms with Crippen molar-refractivity contribution in [3.05, 3.63) is 114 Å². The van der Waals surface area contributed by atoms with Crippen molar-refractivity contribution in [3.8, 4) is 22.5 Å². The number of hydrogen-bond donors (Lipinski definition) is 0. The van der Waals surface area contributed by atoms with E-state index in [1.54, 1.807) is 42.6 Å². The average Bonchev–Trinajstić information content (AvgIpc) is 3.39. The Hall–Kier alpha value is -3.66. The van der Waals surface area contributed by atoms with Gasteiger partial charge in [0.2, 0.25) is 5.71 Å². The van der Waals surface area contributed by atoms with E-state index in [0.717, 1.165) is 22.0 Å². The van der Waals surface area contributed by atoms with Crippen molar-refractivity contribution in [2.45, 2.75) is 40.8 Å². The van der Waals surface area contributed by atoms with Gasteiger partial charge in [0.15, 0.2) is 0 Å². The number of hydrogen-bond acceptors (Lipinski definition) is 4. The van der Waals surface area contributed by atoms with Crippen molar-refractivity contribution in [2.75, 3.05) is 0 Å². The number of fused-ring (bicyclic) bond motifs is 3. The van der Waals surface area contributed by atoms with Gasteiger partial charge in [-0.2, -0.15) is 0 Å². The van der Waals surface area contributed by atoms with E-state index in [2.05, 4.69) is 27.1 Å². The Bertz CT molecular complexity index is 1960. The fourth-order valence-electron chi connectivity index (χ4n) is 3.97. The van der Waals surface area contributed by atoms with Gasteiger partial charge < -0.3 is 14.4 Å². The number of benzene rings is 2. The van der Waals surface area contributed by atoms with E-state index in [1.807, 2.05) is 45.0 Å². The predicted molar refractivity (Wildman–Crippen MR) is 155 cm³/mol. The molecule has 0 aliphatic heterocycles. The number of pyridine rings is 3. The topological polar surface area (TPSA) is 51.8 Å². The molecule has 0 bridgehead atoms. The Morgan fingerprint density at radius 1 is 0.897 bits per heavy atom. The van der Waals surface area contributed by atoms with Gasteiger partial charge in [0.25, 0.3) is 0 Å². The van der Waals surface area contributed by atoms with Crippen LogP contribution in [0.25, 0.3) is 44.6 Å². The van der Waals surface area contributed by atoms with Gasteiger partial charge in [-0.25, -0.2) is 4.98 Å². The van der Waals surface area contributed by atoms with E-state index in [0.29, 0.717) is 28.1 Å². The zero-order valence-electron chi connectivity index (χ0n) is 29.7. The fraction of sp³-hybridized carbons (Fsp3) is 0.206. The van der Waals surface area contributed by atoms with E-state index in [9.17, 15) is 0 Å². The van der Waals surface area contributed by atoms with Crippen molar-refractivity contribution in [1.82, 2.24) is 15.0 Å². The summed E-state index contributed by atoms with van der Waals surface area (Å²) in [5.74, 6) is 0. The minimum Gasteiger partial charge on any atom is -0.486 e. The van der Waals surface area contributed by atoms with Crippen LogP contribution in [-0.4, -0.2) is 15.0 Å². The molecule has 0 N–H and O–H groups in total. The standard InChI is InChI=1S/C17H11N2O.C17H20N.Ir/c1-11-8-9-13-12-5-4-6-14(15-7-2-3-10-18-15)16(12)20-17(13)19-11;1-13-5-8-15(9-6-13)16-10-7-14(12-18-16)11-17(2,3)4;/h2-5,7-10H,1H3;5-8,10,12H,11H2,1-4H3;/q2*-1;/i1D3;1D3,11D2;. The number of aryl methyl sites for hydroxylation is 2. The first-order valence-electron chi connectivity index (χ1n) is 16.1. The average molecular weight is 698 g/mol. The van der Waals surface area contributed by atoms with Crippen LogP contribution in [0.15, 0.2) is 89.6 Å². The Balaban J connectivity index is 0.000000208. The van der Waals surface area contributed by atoms with E-state index >= 15 is 0 Å². The van der Waals surface area contributed by atoms with Gasteiger partial charge in [0.1, 0.15) is 0 Å². The molecule has 6 aromatic rings. The third-order valence-electron chi connectivity index (χ3n) is 5.59. The molecule has 4 aromatic heterocycles. The largest absolute Gasteiger partial charge is 0.486 e. The van der Waals surface area contributed by atoms with Crippen molar-refractivity contribution in [1.29, 1.82) is 0 Å². The molecule has 0 saturated carbocycles. The van der Waals surface area contributed by atoms with Gasteiger partial charge in [0, 0.05) is 54.5 Å². The van der Waals surface area contributed by atoms with E-state index in [-0.39, 0.29) is 31.4 Å². The van der Waals surface area contributed by atoms with Gasteiger partial charge in [-0.05, 0) is 53.8 Å². The summed E-state index contributed by atoms with van der Waals surface area (Å²) < 4.78 is 66.8. The first-order valence-corrected chi connectivity index (χ1v) is 12.1. The molecule has 0 spiro atoms. The SMILES string of the molecule is [2H]C([2H])([2H])c1c[c-]c(-c2ccc(C([2H])([2H])C(C)(C)C)cn2)cc1.[2H]C([2H])([2H])c1ccc2c(n1)oc1c(-c3ccccn3)[c-]ccc12.[Ir]. The normalized spacial score (nSPS) is 15.2. The molecule has 0 saturated heterocycles. The van der Waals surface area contributed by atoms with Crippen LogP contribution in [-0.2, 0) is 26.5 Å². The first kappa shape index (κ1) is 19.4. The summed E-state index contributed by atoms with van der Waals surface area (Å²) in [6, 6.07) is 26.7. The Kier molecular flexibility index (Phi) is 5.98. The summed E-state index contributed by atoms with van der Waals surface area (Å²) in [5, 5.41) is 1.64. The second-order valence-corrected chi connectivity index (χ2v) is 9.76. The van der Waals surface area contributed by atoms with Gasteiger partial charge in [0.05, 0.1) is 5.58 Å². The zero-order valence-corrected chi connectivity index (χ0v) is 24.1. The molecule has 39 heavy (non-hydrogen) atoms. The summed E-state index contributed by atoms with van der Waals surface area (Å²) in [5.41, 5.74) is 3.95. The maximum atomic E-state index is 8.25. The molecule has 4 nitrogen and oxygen atoms in total. The molecule has 0 amide bonds. The van der Waals surface area contributed by atoms with Gasteiger partial charge in [-0.15, -0.1) is 53.6 Å². The summed E-state index contributed by atoms with van der Waals surface area (Å²) in [7, 11) is 0. The van der Waals surface area contributed by atoms with E-state index in [4.69, 9.17) is 15.4 Å². The van der Waals surface area contributed by atoms with Gasteiger partial charge in [-0.1, -0.05) is 62.8 Å². The van der Waals surface area contributed by atoms with Crippen molar-refractivity contribution < 1.29 is 35.5 Å². The second kappa shape index (κ2) is 12.0. The number of rotatable bonds is 3. The second-order valence-electron chi connectivity index (χ2n) is 9.76. The van der Waals surface area contributed by atoms with Crippen LogP contribution in [0.4, 0.5) is 0 Å². The molecule has 4 heterocycles. The third kappa shape index (κ3) is 6.86. The maximum Gasteiger partial charge on any atom is 0.216 e. The first-order chi connectivity index (χ1) is 21.5. The molecule has 0 aliphatic rings. The van der Waals surface area contributed by atoms with E-state index < -0.39 is 25.5 Å². The minimum atomic E-state index is -2.26. The minimum absolute atomic E-state index is 0. The Morgan fingerprint density at radius 2 is 1.79 bits per heavy atom. The smallest absolute Gasteiger partial charge is 0.216 e. The summed E-state index contributed by atoms with van der Waals surface area (Å²) in [6.45, 7) is 1.14. The molecule has 1 radical (unpaired) electrons.